The highest BCUT2D eigenvalue weighted by atomic mass is 19.4. The molecule has 0 saturated heterocycles. The summed E-state index contributed by atoms with van der Waals surface area (Å²) in [4.78, 5) is 48.5. The summed E-state index contributed by atoms with van der Waals surface area (Å²) in [5.41, 5.74) is 9.52. The molecule has 4 N–H and O–H groups in total. The highest BCUT2D eigenvalue weighted by Crippen LogP contribution is 2.34. The zero-order chi connectivity index (χ0) is 55.2. The minimum atomic E-state index is -4.80. The van der Waals surface area contributed by atoms with Gasteiger partial charge in [-0.15, -0.1) is 13.2 Å². The molecule has 1 aliphatic heterocycles. The number of oxazole rings is 3. The fraction of sp³-hybridized carbons (Fsp3) is 0.0847. The van der Waals surface area contributed by atoms with Crippen LogP contribution in [0.4, 0.5) is 24.5 Å². The number of hydrogen-bond acceptors (Lipinski definition) is 14. The van der Waals surface area contributed by atoms with Gasteiger partial charge >= 0.3 is 24.3 Å². The van der Waals surface area contributed by atoms with Gasteiger partial charge in [-0.25, -0.2) is 29.3 Å². The number of ether oxygens (including phenoxy) is 3. The minimum Gasteiger partial charge on any atom is -0.478 e. The predicted molar refractivity (Wildman–Crippen MR) is 284 cm³/mol. The van der Waals surface area contributed by atoms with Crippen LogP contribution in [0.1, 0.15) is 42.2 Å². The standard InChI is InChI=1S/C22H16N2O5.C22H18N2O3.C15H8F3NO4/c25-22(26)15-3-1-2-14(9-15)21-24-17-6-5-16(10-19(17)29-21)23-11-13-4-7-18-20(8-13)28-12-27-18;1-24(14-15-6-3-2-4-7-15)18-10-11-19-20(13-18)27-21(23-19)16-8-5-9-17(12-16)22(25)26;16-15(17,18)23-10-3-1-2-8(6-10)13-19-11-5-4-9(14(20)21)7-12(11)22-13/h1-10,23H,11-12H2,(H,25,26);2-13H,14H2,1H3,(H,25,26);1-7H,(H,20,21). The summed E-state index contributed by atoms with van der Waals surface area (Å²) in [6.07, 6.45) is -4.80. The van der Waals surface area contributed by atoms with E-state index in [4.69, 9.17) is 38.0 Å². The van der Waals surface area contributed by atoms with Crippen molar-refractivity contribution < 1.29 is 70.3 Å². The third-order valence-electron chi connectivity index (χ3n) is 12.1. The summed E-state index contributed by atoms with van der Waals surface area (Å²) < 4.78 is 68.5. The van der Waals surface area contributed by atoms with Gasteiger partial charge in [0, 0.05) is 60.3 Å². The number of nitrogens with zero attached hydrogens (tertiary/aromatic N) is 4. The van der Waals surface area contributed by atoms with E-state index >= 15 is 0 Å². The number of fused-ring (bicyclic) bond motifs is 4. The molecule has 12 rings (SSSR count). The van der Waals surface area contributed by atoms with Crippen LogP contribution in [0.3, 0.4) is 0 Å². The summed E-state index contributed by atoms with van der Waals surface area (Å²) in [6, 6.07) is 50.0. The highest BCUT2D eigenvalue weighted by Gasteiger charge is 2.31. The van der Waals surface area contributed by atoms with Crippen LogP contribution in [0.15, 0.2) is 189 Å². The van der Waals surface area contributed by atoms with Gasteiger partial charge in [-0.3, -0.25) is 0 Å². The Labute approximate surface area is 445 Å². The van der Waals surface area contributed by atoms with E-state index < -0.39 is 30.0 Å². The average molecular weight is 1070 g/mol. The average Bonchev–Trinajstić information content (AvgIpc) is 4.34. The molecule has 11 aromatic rings. The van der Waals surface area contributed by atoms with Gasteiger partial charge in [0.15, 0.2) is 28.2 Å². The molecule has 0 spiro atoms. The van der Waals surface area contributed by atoms with Crippen LogP contribution < -0.4 is 24.4 Å². The van der Waals surface area contributed by atoms with Crippen molar-refractivity contribution in [3.8, 4) is 51.6 Å². The van der Waals surface area contributed by atoms with Crippen molar-refractivity contribution in [2.75, 3.05) is 24.1 Å². The Morgan fingerprint density at radius 3 is 1.68 bits per heavy atom. The van der Waals surface area contributed by atoms with Crippen molar-refractivity contribution >= 4 is 62.6 Å². The van der Waals surface area contributed by atoms with Crippen LogP contribution in [-0.2, 0) is 13.1 Å². The molecule has 0 bridgehead atoms. The number of rotatable bonds is 13. The molecule has 0 fully saturated rings. The van der Waals surface area contributed by atoms with E-state index in [2.05, 4.69) is 42.0 Å². The van der Waals surface area contributed by atoms with Gasteiger partial charge in [-0.05, 0) is 120 Å². The van der Waals surface area contributed by atoms with E-state index in [9.17, 15) is 27.6 Å². The topological polar surface area (TPSA) is 233 Å². The van der Waals surface area contributed by atoms with Crippen LogP contribution >= 0.6 is 0 Å². The summed E-state index contributed by atoms with van der Waals surface area (Å²) in [6.45, 7) is 1.66. The molecule has 3 aromatic heterocycles. The lowest BCUT2D eigenvalue weighted by molar-refractivity contribution is -0.274. The van der Waals surface area contributed by atoms with Crippen molar-refractivity contribution in [1.82, 2.24) is 15.0 Å². The van der Waals surface area contributed by atoms with Crippen molar-refractivity contribution in [3.63, 3.8) is 0 Å². The second-order valence-corrected chi connectivity index (χ2v) is 17.6. The SMILES string of the molecule is CN(Cc1ccccc1)c1ccc2nc(-c3cccc(C(=O)O)c3)oc2c1.O=C(O)c1ccc2nc(-c3cccc(OC(F)(F)F)c3)oc2c1.O=C(O)c1cccc(-c2nc3ccc(NCc4ccc5c(c4)OCO5)cc3o2)c1. The highest BCUT2D eigenvalue weighted by molar-refractivity contribution is 5.93. The number of aromatic nitrogens is 3. The van der Waals surface area contributed by atoms with E-state index in [0.29, 0.717) is 51.7 Å². The van der Waals surface area contributed by atoms with Crippen LogP contribution in [0.2, 0.25) is 0 Å². The van der Waals surface area contributed by atoms with E-state index in [0.717, 1.165) is 52.6 Å². The first kappa shape index (κ1) is 51.8. The Morgan fingerprint density at radius 1 is 0.544 bits per heavy atom. The summed E-state index contributed by atoms with van der Waals surface area (Å²) in [5.74, 6) is -1.11. The normalized spacial score (nSPS) is 11.6. The van der Waals surface area contributed by atoms with Crippen molar-refractivity contribution in [2.24, 2.45) is 0 Å². The third kappa shape index (κ3) is 12.6. The van der Waals surface area contributed by atoms with E-state index in [-0.39, 0.29) is 40.5 Å². The number of carboxylic acids is 3. The van der Waals surface area contributed by atoms with Crippen molar-refractivity contribution in [2.45, 2.75) is 19.5 Å². The first-order valence-corrected chi connectivity index (χ1v) is 23.9. The van der Waals surface area contributed by atoms with Crippen molar-refractivity contribution in [3.05, 3.63) is 204 Å². The lowest BCUT2D eigenvalue weighted by Crippen LogP contribution is -2.17. The first-order valence-electron chi connectivity index (χ1n) is 23.9. The molecule has 1 aliphatic rings. The van der Waals surface area contributed by atoms with Crippen LogP contribution in [0.5, 0.6) is 17.2 Å². The molecule has 17 nitrogen and oxygen atoms in total. The molecule has 0 aliphatic carbocycles. The number of alkyl halides is 3. The van der Waals surface area contributed by atoms with Crippen LogP contribution in [-0.4, -0.2) is 68.4 Å². The maximum atomic E-state index is 12.2. The number of aromatic carboxylic acids is 3. The number of benzene rings is 8. The molecule has 4 heterocycles. The molecule has 396 valence electrons. The number of carbonyl (C=O) groups is 3. The molecule has 0 unspecified atom stereocenters. The number of carboxylic acid groups (broad SMARTS) is 3. The van der Waals surface area contributed by atoms with Crippen LogP contribution in [0, 0.1) is 0 Å². The molecule has 20 heteroatoms. The molecule has 8 aromatic carbocycles. The molecular formula is C59H42F3N5O12. The van der Waals surface area contributed by atoms with Crippen molar-refractivity contribution in [1.29, 1.82) is 0 Å². The van der Waals surface area contributed by atoms with E-state index in [1.165, 1.54) is 42.0 Å². The van der Waals surface area contributed by atoms with Gasteiger partial charge in [0.1, 0.15) is 22.3 Å². The van der Waals surface area contributed by atoms with Gasteiger partial charge < -0.3 is 53.0 Å². The largest absolute Gasteiger partial charge is 0.573 e. The summed E-state index contributed by atoms with van der Waals surface area (Å²) >= 11 is 0. The maximum Gasteiger partial charge on any atom is 0.573 e. The fourth-order valence-electron chi connectivity index (χ4n) is 8.21. The molecule has 0 radical (unpaired) electrons. The van der Waals surface area contributed by atoms with Gasteiger partial charge in [0.05, 0.1) is 16.7 Å². The zero-order valence-corrected chi connectivity index (χ0v) is 41.3. The first-order chi connectivity index (χ1) is 38.1. The fourth-order valence-corrected chi connectivity index (χ4v) is 8.21. The Kier molecular flexibility index (Phi) is 14.6. The molecule has 0 amide bonds. The molecule has 0 atom stereocenters. The van der Waals surface area contributed by atoms with E-state index in [1.807, 2.05) is 79.8 Å². The van der Waals surface area contributed by atoms with Crippen LogP contribution in [0.25, 0.3) is 67.7 Å². The minimum absolute atomic E-state index is 0.0226. The summed E-state index contributed by atoms with van der Waals surface area (Å²) in [5, 5.41) is 30.6. The van der Waals surface area contributed by atoms with Gasteiger partial charge in [-0.1, -0.05) is 54.6 Å². The summed E-state index contributed by atoms with van der Waals surface area (Å²) in [7, 11) is 2.03. The molecule has 79 heavy (non-hydrogen) atoms. The third-order valence-corrected chi connectivity index (χ3v) is 12.1. The predicted octanol–water partition coefficient (Wildman–Crippen LogP) is 13.5. The smallest absolute Gasteiger partial charge is 0.478 e. The zero-order valence-electron chi connectivity index (χ0n) is 41.3. The number of hydrogen-bond donors (Lipinski definition) is 4. The Balaban J connectivity index is 0.000000135. The van der Waals surface area contributed by atoms with Gasteiger partial charge in [0.2, 0.25) is 24.5 Å². The molecular weight excluding hydrogens is 1030 g/mol. The van der Waals surface area contributed by atoms with Gasteiger partial charge in [0.25, 0.3) is 0 Å². The number of halogens is 3. The number of anilines is 2. The van der Waals surface area contributed by atoms with E-state index in [1.54, 1.807) is 42.5 Å². The Bertz CT molecular complexity index is 4040. The lowest BCUT2D eigenvalue weighted by Gasteiger charge is -2.19. The quantitative estimate of drug-likeness (QED) is 0.0840. The lowest BCUT2D eigenvalue weighted by atomic mass is 10.1. The monoisotopic (exact) mass is 1070 g/mol. The maximum absolute atomic E-state index is 12.2. The second-order valence-electron chi connectivity index (χ2n) is 17.6. The second kappa shape index (κ2) is 22.3. The molecule has 0 saturated carbocycles. The number of nitrogens with one attached hydrogen (secondary N) is 1. The van der Waals surface area contributed by atoms with Gasteiger partial charge in [-0.2, -0.15) is 0 Å². The Morgan fingerprint density at radius 2 is 1.08 bits per heavy atom. The Hall–Kier alpha value is -10.6.